The Hall–Kier alpha value is -0.0500. The summed E-state index contributed by atoms with van der Waals surface area (Å²) in [6.07, 6.45) is 0. The molecule has 1 aromatic carbocycles. The maximum absolute atomic E-state index is 5.88. The Morgan fingerprint density at radius 2 is 1.38 bits per heavy atom. The minimum Gasteiger partial charge on any atom is -1.00 e. The SMILES string of the molecule is CC[N+](CC)(CC)Cc1ccc(Cl)cc1.[Br-]. The molecule has 16 heavy (non-hydrogen) atoms. The van der Waals surface area contributed by atoms with Crippen LogP contribution in [-0.2, 0) is 6.54 Å². The Labute approximate surface area is 115 Å². The molecule has 0 unspecified atom stereocenters. The molecule has 0 radical (unpaired) electrons. The van der Waals surface area contributed by atoms with Gasteiger partial charge >= 0.3 is 0 Å². The monoisotopic (exact) mass is 305 g/mol. The minimum absolute atomic E-state index is 0. The van der Waals surface area contributed by atoms with E-state index in [9.17, 15) is 0 Å². The molecule has 0 amide bonds. The average molecular weight is 307 g/mol. The van der Waals surface area contributed by atoms with Gasteiger partial charge in [0, 0.05) is 10.6 Å². The van der Waals surface area contributed by atoms with Gasteiger partial charge in [0.05, 0.1) is 19.6 Å². The van der Waals surface area contributed by atoms with Gasteiger partial charge in [-0.05, 0) is 32.9 Å². The summed E-state index contributed by atoms with van der Waals surface area (Å²) in [6.45, 7) is 11.5. The van der Waals surface area contributed by atoms with Crippen LogP contribution in [0.5, 0.6) is 0 Å². The molecule has 0 N–H and O–H groups in total. The van der Waals surface area contributed by atoms with Gasteiger partial charge in [0.25, 0.3) is 0 Å². The summed E-state index contributed by atoms with van der Waals surface area (Å²) in [6, 6.07) is 8.23. The van der Waals surface area contributed by atoms with Crippen LogP contribution >= 0.6 is 11.6 Å². The first-order valence-corrected chi connectivity index (χ1v) is 6.13. The largest absolute Gasteiger partial charge is 1.00 e. The lowest BCUT2D eigenvalue weighted by Crippen LogP contribution is -3.00. The van der Waals surface area contributed by atoms with Crippen LogP contribution in [0.3, 0.4) is 0 Å². The van der Waals surface area contributed by atoms with E-state index in [1.807, 2.05) is 12.1 Å². The summed E-state index contributed by atoms with van der Waals surface area (Å²) in [4.78, 5) is 0. The number of hydrogen-bond donors (Lipinski definition) is 0. The van der Waals surface area contributed by atoms with Crippen molar-refractivity contribution in [3.63, 3.8) is 0 Å². The van der Waals surface area contributed by atoms with E-state index in [0.717, 1.165) is 16.1 Å². The van der Waals surface area contributed by atoms with E-state index >= 15 is 0 Å². The van der Waals surface area contributed by atoms with Crippen molar-refractivity contribution in [2.24, 2.45) is 0 Å². The molecule has 0 fully saturated rings. The van der Waals surface area contributed by atoms with E-state index < -0.39 is 0 Å². The zero-order valence-electron chi connectivity index (χ0n) is 10.3. The third-order valence-electron chi connectivity index (χ3n) is 3.44. The standard InChI is InChI=1S/C13H21ClN.BrH/c1-4-15(5-2,6-3)11-12-7-9-13(14)10-8-12;/h7-10H,4-6,11H2,1-3H3;1H/q+1;/p-1. The van der Waals surface area contributed by atoms with Crippen LogP contribution in [0.2, 0.25) is 5.02 Å². The molecule has 0 aliphatic heterocycles. The summed E-state index contributed by atoms with van der Waals surface area (Å²) in [5.41, 5.74) is 1.38. The third kappa shape index (κ3) is 4.08. The second kappa shape index (κ2) is 7.31. The highest BCUT2D eigenvalue weighted by Gasteiger charge is 2.20. The predicted octanol–water partition coefficient (Wildman–Crippen LogP) is 0.720. The molecular weight excluding hydrogens is 286 g/mol. The minimum atomic E-state index is 0. The first-order chi connectivity index (χ1) is 7.15. The van der Waals surface area contributed by atoms with Crippen LogP contribution in [-0.4, -0.2) is 24.1 Å². The summed E-state index contributed by atoms with van der Waals surface area (Å²) in [7, 11) is 0. The zero-order chi connectivity index (χ0) is 11.3. The molecule has 1 rings (SSSR count). The fourth-order valence-corrected chi connectivity index (χ4v) is 2.11. The van der Waals surface area contributed by atoms with Crippen molar-refractivity contribution in [3.05, 3.63) is 34.9 Å². The first kappa shape index (κ1) is 16.0. The van der Waals surface area contributed by atoms with Crippen molar-refractivity contribution in [1.82, 2.24) is 0 Å². The summed E-state index contributed by atoms with van der Waals surface area (Å²) < 4.78 is 1.15. The number of quaternary nitrogens is 1. The quantitative estimate of drug-likeness (QED) is 0.703. The van der Waals surface area contributed by atoms with Crippen LogP contribution in [0.25, 0.3) is 0 Å². The van der Waals surface area contributed by atoms with Crippen LogP contribution < -0.4 is 17.0 Å². The van der Waals surface area contributed by atoms with Gasteiger partial charge in [-0.25, -0.2) is 0 Å². The Kier molecular flexibility index (Phi) is 7.29. The van der Waals surface area contributed by atoms with Crippen LogP contribution in [0, 0.1) is 0 Å². The van der Waals surface area contributed by atoms with Crippen molar-refractivity contribution < 1.29 is 21.5 Å². The number of nitrogens with zero attached hydrogens (tertiary/aromatic N) is 1. The highest BCUT2D eigenvalue weighted by atomic mass is 79.9. The molecule has 0 aliphatic carbocycles. The number of benzene rings is 1. The normalized spacial score (nSPS) is 11.0. The Morgan fingerprint density at radius 3 is 1.75 bits per heavy atom. The van der Waals surface area contributed by atoms with Gasteiger partial charge < -0.3 is 21.5 Å². The highest BCUT2D eigenvalue weighted by molar-refractivity contribution is 6.30. The van der Waals surface area contributed by atoms with E-state index in [4.69, 9.17) is 11.6 Å². The molecule has 0 aromatic heterocycles. The van der Waals surface area contributed by atoms with Crippen molar-refractivity contribution in [2.75, 3.05) is 19.6 Å². The Balaban J connectivity index is 0.00000225. The number of hydrogen-bond acceptors (Lipinski definition) is 0. The maximum Gasteiger partial charge on any atom is 0.104 e. The molecule has 0 spiro atoms. The highest BCUT2D eigenvalue weighted by Crippen LogP contribution is 2.16. The van der Waals surface area contributed by atoms with Gasteiger partial charge in [0.15, 0.2) is 0 Å². The van der Waals surface area contributed by atoms with Crippen molar-refractivity contribution in [2.45, 2.75) is 27.3 Å². The predicted molar refractivity (Wildman–Crippen MR) is 67.0 cm³/mol. The van der Waals surface area contributed by atoms with E-state index in [-0.39, 0.29) is 17.0 Å². The molecule has 0 saturated carbocycles. The fourth-order valence-electron chi connectivity index (χ4n) is 1.98. The van der Waals surface area contributed by atoms with Crippen LogP contribution in [0.15, 0.2) is 24.3 Å². The van der Waals surface area contributed by atoms with Crippen LogP contribution in [0.4, 0.5) is 0 Å². The zero-order valence-corrected chi connectivity index (χ0v) is 12.7. The van der Waals surface area contributed by atoms with E-state index in [0.29, 0.717) is 0 Å². The van der Waals surface area contributed by atoms with Crippen molar-refractivity contribution in [3.8, 4) is 0 Å². The molecule has 1 aromatic rings. The van der Waals surface area contributed by atoms with Gasteiger partial charge in [-0.15, -0.1) is 0 Å². The Bertz CT molecular complexity index is 285. The fraction of sp³-hybridized carbons (Fsp3) is 0.538. The molecule has 0 atom stereocenters. The van der Waals surface area contributed by atoms with Gasteiger partial charge in [0.1, 0.15) is 6.54 Å². The molecule has 1 nitrogen and oxygen atoms in total. The van der Waals surface area contributed by atoms with Gasteiger partial charge in [-0.1, -0.05) is 23.7 Å². The van der Waals surface area contributed by atoms with Gasteiger partial charge in [-0.3, -0.25) is 0 Å². The van der Waals surface area contributed by atoms with Crippen LogP contribution in [0.1, 0.15) is 26.3 Å². The van der Waals surface area contributed by atoms with E-state index in [1.165, 1.54) is 25.2 Å². The Morgan fingerprint density at radius 1 is 0.938 bits per heavy atom. The summed E-state index contributed by atoms with van der Waals surface area (Å²) in [5, 5.41) is 0.821. The van der Waals surface area contributed by atoms with Gasteiger partial charge in [-0.2, -0.15) is 0 Å². The lowest BCUT2D eigenvalue weighted by molar-refractivity contribution is -0.936. The van der Waals surface area contributed by atoms with E-state index in [1.54, 1.807) is 0 Å². The molecule has 3 heteroatoms. The summed E-state index contributed by atoms with van der Waals surface area (Å²) >= 11 is 5.88. The first-order valence-electron chi connectivity index (χ1n) is 5.75. The van der Waals surface area contributed by atoms with Crippen molar-refractivity contribution >= 4 is 11.6 Å². The maximum atomic E-state index is 5.88. The summed E-state index contributed by atoms with van der Waals surface area (Å²) in [5.74, 6) is 0. The van der Waals surface area contributed by atoms with Crippen molar-refractivity contribution in [1.29, 1.82) is 0 Å². The number of rotatable bonds is 5. The smallest absolute Gasteiger partial charge is 0.104 e. The average Bonchev–Trinajstić information content (AvgIpc) is 2.29. The molecule has 0 bridgehead atoms. The lowest BCUT2D eigenvalue weighted by atomic mass is 10.2. The van der Waals surface area contributed by atoms with Gasteiger partial charge in [0.2, 0.25) is 0 Å². The second-order valence-electron chi connectivity index (χ2n) is 4.07. The molecule has 0 aliphatic rings. The molecule has 92 valence electrons. The van der Waals surface area contributed by atoms with E-state index in [2.05, 4.69) is 32.9 Å². The lowest BCUT2D eigenvalue weighted by Gasteiger charge is -2.35. The molecule has 0 heterocycles. The second-order valence-corrected chi connectivity index (χ2v) is 4.51. The third-order valence-corrected chi connectivity index (χ3v) is 3.70. The number of halogens is 2. The molecule has 0 saturated heterocycles. The topological polar surface area (TPSA) is 0 Å². The molecular formula is C13H21BrClN.